The van der Waals surface area contributed by atoms with Gasteiger partial charge in [-0.05, 0) is 45.0 Å². The Labute approximate surface area is 136 Å². The van der Waals surface area contributed by atoms with Crippen molar-refractivity contribution in [3.8, 4) is 0 Å². The van der Waals surface area contributed by atoms with Crippen LogP contribution in [0, 0.1) is 0 Å². The number of carbonyl (C=O) groups is 1. The Kier molecular flexibility index (Phi) is 5.41. The molecule has 0 aliphatic carbocycles. The van der Waals surface area contributed by atoms with Crippen molar-refractivity contribution in [2.24, 2.45) is 5.14 Å². The van der Waals surface area contributed by atoms with Crippen molar-refractivity contribution in [1.82, 2.24) is 4.90 Å². The molecule has 1 aromatic carbocycles. The Morgan fingerprint density at radius 3 is 2.26 bits per heavy atom. The predicted molar refractivity (Wildman–Crippen MR) is 87.5 cm³/mol. The van der Waals surface area contributed by atoms with Gasteiger partial charge in [0.25, 0.3) is 0 Å². The van der Waals surface area contributed by atoms with E-state index in [0.29, 0.717) is 18.8 Å². The predicted octanol–water partition coefficient (Wildman–Crippen LogP) is 0.770. The molecule has 1 aliphatic rings. The van der Waals surface area contributed by atoms with Crippen LogP contribution in [0.4, 0.5) is 5.69 Å². The molecule has 7 nitrogen and oxygen atoms in total. The topological polar surface area (TPSA) is 102 Å². The Hall–Kier alpha value is -1.48. The van der Waals surface area contributed by atoms with Crippen LogP contribution in [0.1, 0.15) is 20.8 Å². The van der Waals surface area contributed by atoms with Crippen molar-refractivity contribution < 1.29 is 17.9 Å². The van der Waals surface area contributed by atoms with E-state index in [-0.39, 0.29) is 29.1 Å². The third-order valence-corrected chi connectivity index (χ3v) is 4.75. The lowest BCUT2D eigenvalue weighted by molar-refractivity contribution is -0.126. The molecule has 0 bridgehead atoms. The Morgan fingerprint density at radius 1 is 1.26 bits per heavy atom. The molecule has 1 aliphatic heterocycles. The van der Waals surface area contributed by atoms with Gasteiger partial charge in [0.15, 0.2) is 0 Å². The van der Waals surface area contributed by atoms with Gasteiger partial charge in [-0.15, -0.1) is 0 Å². The average Bonchev–Trinajstić information content (AvgIpc) is 2.45. The lowest BCUT2D eigenvalue weighted by atomic mass is 10.1. The molecule has 8 heteroatoms. The number of benzene rings is 1. The lowest BCUT2D eigenvalue weighted by Crippen LogP contribution is -2.52. The summed E-state index contributed by atoms with van der Waals surface area (Å²) in [4.78, 5) is 14.5. The number of rotatable bonds is 4. The SMILES string of the molecule is C[C@@H]1CN([C@H](C)C(=O)Nc2ccc(S(N)(=O)=O)cc2)C[C@@H](C)O1. The largest absolute Gasteiger partial charge is 0.373 e. The number of amides is 1. The smallest absolute Gasteiger partial charge is 0.241 e. The molecule has 1 fully saturated rings. The Morgan fingerprint density at radius 2 is 1.78 bits per heavy atom. The van der Waals surface area contributed by atoms with E-state index in [4.69, 9.17) is 9.88 Å². The van der Waals surface area contributed by atoms with E-state index in [1.807, 2.05) is 20.8 Å². The molecule has 3 atom stereocenters. The van der Waals surface area contributed by atoms with Gasteiger partial charge >= 0.3 is 0 Å². The quantitative estimate of drug-likeness (QED) is 0.842. The van der Waals surface area contributed by atoms with Gasteiger partial charge in [0.2, 0.25) is 15.9 Å². The van der Waals surface area contributed by atoms with Gasteiger partial charge in [0.05, 0.1) is 23.1 Å². The van der Waals surface area contributed by atoms with E-state index in [0.717, 1.165) is 0 Å². The van der Waals surface area contributed by atoms with Crippen molar-refractivity contribution in [2.45, 2.75) is 43.9 Å². The van der Waals surface area contributed by atoms with Crippen molar-refractivity contribution in [3.05, 3.63) is 24.3 Å². The molecule has 2 rings (SSSR count). The zero-order valence-electron chi connectivity index (χ0n) is 13.5. The van der Waals surface area contributed by atoms with Gasteiger partial charge in [0, 0.05) is 18.8 Å². The van der Waals surface area contributed by atoms with Gasteiger partial charge in [-0.2, -0.15) is 0 Å². The highest BCUT2D eigenvalue weighted by atomic mass is 32.2. The van der Waals surface area contributed by atoms with E-state index in [9.17, 15) is 13.2 Å². The first kappa shape index (κ1) is 17.9. The van der Waals surface area contributed by atoms with Crippen LogP contribution in [-0.4, -0.2) is 50.6 Å². The maximum Gasteiger partial charge on any atom is 0.241 e. The highest BCUT2D eigenvalue weighted by Crippen LogP contribution is 2.16. The summed E-state index contributed by atoms with van der Waals surface area (Å²) in [6.45, 7) is 7.21. The van der Waals surface area contributed by atoms with E-state index in [2.05, 4.69) is 10.2 Å². The normalized spacial score (nSPS) is 24.2. The number of morpholine rings is 1. The second-order valence-electron chi connectivity index (χ2n) is 5.95. The molecule has 0 unspecified atom stereocenters. The first-order chi connectivity index (χ1) is 10.7. The summed E-state index contributed by atoms with van der Waals surface area (Å²) in [6.07, 6.45) is 0.172. The summed E-state index contributed by atoms with van der Waals surface area (Å²) in [5.74, 6) is -0.144. The van der Waals surface area contributed by atoms with Crippen LogP contribution < -0.4 is 10.5 Å². The number of hydrogen-bond acceptors (Lipinski definition) is 5. The summed E-state index contributed by atoms with van der Waals surface area (Å²) >= 11 is 0. The lowest BCUT2D eigenvalue weighted by Gasteiger charge is -2.38. The van der Waals surface area contributed by atoms with Gasteiger partial charge in [0.1, 0.15) is 0 Å². The monoisotopic (exact) mass is 341 g/mol. The van der Waals surface area contributed by atoms with E-state index < -0.39 is 10.0 Å². The second kappa shape index (κ2) is 6.96. The third-order valence-electron chi connectivity index (χ3n) is 3.83. The standard InChI is InChI=1S/C15H23N3O4S/c1-10-8-18(9-11(2)22-10)12(3)15(19)17-13-4-6-14(7-5-13)23(16,20)21/h4-7,10-12H,8-9H2,1-3H3,(H,17,19)(H2,16,20,21)/t10-,11-,12-/m1/s1. The van der Waals surface area contributed by atoms with Crippen LogP contribution in [0.15, 0.2) is 29.2 Å². The highest BCUT2D eigenvalue weighted by Gasteiger charge is 2.29. The number of nitrogens with two attached hydrogens (primary N) is 1. The summed E-state index contributed by atoms with van der Waals surface area (Å²) in [6, 6.07) is 5.48. The van der Waals surface area contributed by atoms with E-state index in [1.165, 1.54) is 24.3 Å². The van der Waals surface area contributed by atoms with E-state index >= 15 is 0 Å². The Balaban J connectivity index is 2.01. The number of nitrogens with zero attached hydrogens (tertiary/aromatic N) is 1. The molecule has 0 saturated carbocycles. The molecule has 0 radical (unpaired) electrons. The zero-order valence-corrected chi connectivity index (χ0v) is 14.3. The minimum absolute atomic E-state index is 0.0133. The van der Waals surface area contributed by atoms with Gasteiger partial charge in [-0.1, -0.05) is 0 Å². The maximum absolute atomic E-state index is 12.4. The number of sulfonamides is 1. The zero-order chi connectivity index (χ0) is 17.2. The molecule has 1 saturated heterocycles. The fourth-order valence-electron chi connectivity index (χ4n) is 2.67. The van der Waals surface area contributed by atoms with Crippen LogP contribution >= 0.6 is 0 Å². The molecule has 1 heterocycles. The van der Waals surface area contributed by atoms with Gasteiger partial charge in [-0.3, -0.25) is 9.69 Å². The fraction of sp³-hybridized carbons (Fsp3) is 0.533. The summed E-state index contributed by atoms with van der Waals surface area (Å²) in [7, 11) is -3.73. The maximum atomic E-state index is 12.4. The molecule has 128 valence electrons. The number of primary sulfonamides is 1. The first-order valence-corrected chi connectivity index (χ1v) is 9.04. The Bertz CT molecular complexity index is 650. The number of ether oxygens (including phenoxy) is 1. The van der Waals surface area contributed by atoms with E-state index in [1.54, 1.807) is 0 Å². The van der Waals surface area contributed by atoms with Crippen molar-refractivity contribution >= 4 is 21.6 Å². The van der Waals surface area contributed by atoms with Crippen LogP contribution in [0.2, 0.25) is 0 Å². The average molecular weight is 341 g/mol. The highest BCUT2D eigenvalue weighted by molar-refractivity contribution is 7.89. The first-order valence-electron chi connectivity index (χ1n) is 7.50. The number of nitrogens with one attached hydrogen (secondary N) is 1. The molecular formula is C15H23N3O4S. The number of carbonyl (C=O) groups excluding carboxylic acids is 1. The molecule has 1 aromatic rings. The number of anilines is 1. The van der Waals surface area contributed by atoms with Crippen molar-refractivity contribution in [3.63, 3.8) is 0 Å². The van der Waals surface area contributed by atoms with Crippen LogP contribution in [0.25, 0.3) is 0 Å². The minimum atomic E-state index is -3.73. The molecule has 1 amide bonds. The van der Waals surface area contributed by atoms with Crippen molar-refractivity contribution in [2.75, 3.05) is 18.4 Å². The van der Waals surface area contributed by atoms with Gasteiger partial charge in [-0.25, -0.2) is 13.6 Å². The van der Waals surface area contributed by atoms with Crippen molar-refractivity contribution in [1.29, 1.82) is 0 Å². The van der Waals surface area contributed by atoms with Crippen LogP contribution in [-0.2, 0) is 19.6 Å². The van der Waals surface area contributed by atoms with Crippen LogP contribution in [0.5, 0.6) is 0 Å². The number of hydrogen-bond donors (Lipinski definition) is 2. The molecule has 0 aromatic heterocycles. The summed E-state index contributed by atoms with van der Waals surface area (Å²) in [5.41, 5.74) is 0.531. The summed E-state index contributed by atoms with van der Waals surface area (Å²) in [5, 5.41) is 7.84. The third kappa shape index (κ3) is 4.74. The molecule has 3 N–H and O–H groups in total. The molecule has 0 spiro atoms. The van der Waals surface area contributed by atoms with Crippen LogP contribution in [0.3, 0.4) is 0 Å². The second-order valence-corrected chi connectivity index (χ2v) is 7.51. The molecule has 23 heavy (non-hydrogen) atoms. The molecular weight excluding hydrogens is 318 g/mol. The summed E-state index contributed by atoms with van der Waals surface area (Å²) < 4.78 is 28.1. The fourth-order valence-corrected chi connectivity index (χ4v) is 3.19. The van der Waals surface area contributed by atoms with Gasteiger partial charge < -0.3 is 10.1 Å². The minimum Gasteiger partial charge on any atom is -0.373 e.